The molecule has 27 heavy (non-hydrogen) atoms. The van der Waals surface area contributed by atoms with E-state index in [2.05, 4.69) is 24.3 Å². The van der Waals surface area contributed by atoms with E-state index in [1.54, 1.807) is 6.20 Å². The molecule has 1 aromatic carbocycles. The summed E-state index contributed by atoms with van der Waals surface area (Å²) in [5.41, 5.74) is 1.63. The van der Waals surface area contributed by atoms with Gasteiger partial charge in [-0.2, -0.15) is 5.10 Å². The normalized spacial score (nSPS) is 12.1. The van der Waals surface area contributed by atoms with Crippen LogP contribution >= 0.6 is 0 Å². The predicted octanol–water partition coefficient (Wildman–Crippen LogP) is 3.03. The number of amides is 1. The van der Waals surface area contributed by atoms with Gasteiger partial charge < -0.3 is 15.2 Å². The summed E-state index contributed by atoms with van der Waals surface area (Å²) in [6.07, 6.45) is 3.05. The number of nitrogens with one attached hydrogen (secondary N) is 1. The predicted molar refractivity (Wildman–Crippen MR) is 102 cm³/mol. The van der Waals surface area contributed by atoms with E-state index in [0.29, 0.717) is 25.5 Å². The summed E-state index contributed by atoms with van der Waals surface area (Å²) in [5, 5.41) is 15.8. The number of carboxylic acid groups (broad SMARTS) is 1. The standard InChI is InChI=1S/C20H27N3O4/c1-14(2)11-15(3)27-10-8-19(24)21-13-16-5-4-6-17(12-16)23-9-7-18(22-23)20(25)26/h4-7,9,12,14-15H,8,10-11,13H2,1-3H3,(H,21,24)(H,25,26). The third-order valence-corrected chi connectivity index (χ3v) is 4.01. The number of rotatable bonds is 10. The molecule has 146 valence electrons. The van der Waals surface area contributed by atoms with E-state index < -0.39 is 5.97 Å². The van der Waals surface area contributed by atoms with Crippen molar-refractivity contribution in [3.63, 3.8) is 0 Å². The van der Waals surface area contributed by atoms with Gasteiger partial charge in [0.1, 0.15) is 0 Å². The number of carboxylic acids is 1. The van der Waals surface area contributed by atoms with Gasteiger partial charge in [-0.3, -0.25) is 4.79 Å². The summed E-state index contributed by atoms with van der Waals surface area (Å²) >= 11 is 0. The number of nitrogens with zero attached hydrogens (tertiary/aromatic N) is 2. The van der Waals surface area contributed by atoms with Crippen molar-refractivity contribution in [3.05, 3.63) is 47.8 Å². The zero-order valence-corrected chi connectivity index (χ0v) is 16.0. The number of carbonyl (C=O) groups excluding carboxylic acids is 1. The zero-order valence-electron chi connectivity index (χ0n) is 16.0. The molecule has 0 aliphatic rings. The summed E-state index contributed by atoms with van der Waals surface area (Å²) in [4.78, 5) is 22.9. The molecule has 2 rings (SSSR count). The Morgan fingerprint density at radius 1 is 1.26 bits per heavy atom. The second-order valence-electron chi connectivity index (χ2n) is 6.96. The molecule has 0 spiro atoms. The van der Waals surface area contributed by atoms with Crippen molar-refractivity contribution in [2.75, 3.05) is 6.61 Å². The molecule has 1 atom stereocenters. The average Bonchev–Trinajstić information content (AvgIpc) is 3.10. The van der Waals surface area contributed by atoms with Crippen molar-refractivity contribution < 1.29 is 19.4 Å². The van der Waals surface area contributed by atoms with Gasteiger partial charge in [-0.1, -0.05) is 26.0 Å². The van der Waals surface area contributed by atoms with E-state index in [4.69, 9.17) is 9.84 Å². The van der Waals surface area contributed by atoms with Crippen molar-refractivity contribution in [3.8, 4) is 5.69 Å². The molecule has 0 saturated heterocycles. The lowest BCUT2D eigenvalue weighted by molar-refractivity contribution is -0.122. The Kier molecular flexibility index (Phi) is 7.55. The number of hydrogen-bond donors (Lipinski definition) is 2. The minimum Gasteiger partial charge on any atom is -0.476 e. The minimum absolute atomic E-state index is 0.0135. The van der Waals surface area contributed by atoms with Crippen molar-refractivity contribution in [1.29, 1.82) is 0 Å². The van der Waals surface area contributed by atoms with Crippen LogP contribution in [0.5, 0.6) is 0 Å². The van der Waals surface area contributed by atoms with Crippen LogP contribution < -0.4 is 5.32 Å². The van der Waals surface area contributed by atoms with Crippen LogP contribution in [0.4, 0.5) is 0 Å². The molecule has 0 fully saturated rings. The van der Waals surface area contributed by atoms with Crippen LogP contribution in [0.15, 0.2) is 36.5 Å². The van der Waals surface area contributed by atoms with Gasteiger partial charge in [0, 0.05) is 19.2 Å². The van der Waals surface area contributed by atoms with Gasteiger partial charge in [-0.25, -0.2) is 9.48 Å². The number of aromatic carboxylic acids is 1. The van der Waals surface area contributed by atoms with E-state index in [-0.39, 0.29) is 17.7 Å². The first-order valence-corrected chi connectivity index (χ1v) is 9.11. The van der Waals surface area contributed by atoms with E-state index in [0.717, 1.165) is 17.7 Å². The maximum absolute atomic E-state index is 12.0. The fourth-order valence-corrected chi connectivity index (χ4v) is 2.76. The highest BCUT2D eigenvalue weighted by Crippen LogP contribution is 2.11. The maximum Gasteiger partial charge on any atom is 0.356 e. The van der Waals surface area contributed by atoms with Crippen LogP contribution in [0.3, 0.4) is 0 Å². The summed E-state index contributed by atoms with van der Waals surface area (Å²) in [6.45, 7) is 7.11. The van der Waals surface area contributed by atoms with Crippen molar-refractivity contribution in [2.24, 2.45) is 5.92 Å². The first-order valence-electron chi connectivity index (χ1n) is 9.11. The Bertz CT molecular complexity index is 770. The molecule has 1 unspecified atom stereocenters. The first-order chi connectivity index (χ1) is 12.8. The van der Waals surface area contributed by atoms with Gasteiger partial charge in [0.2, 0.25) is 5.91 Å². The quantitative estimate of drug-likeness (QED) is 0.668. The minimum atomic E-state index is -1.07. The van der Waals surface area contributed by atoms with E-state index in [1.165, 1.54) is 10.7 Å². The summed E-state index contributed by atoms with van der Waals surface area (Å²) in [5.74, 6) is -0.561. The highest BCUT2D eigenvalue weighted by atomic mass is 16.5. The molecule has 2 aromatic rings. The monoisotopic (exact) mass is 373 g/mol. The molecule has 0 radical (unpaired) electrons. The summed E-state index contributed by atoms with van der Waals surface area (Å²) in [7, 11) is 0. The van der Waals surface area contributed by atoms with Crippen LogP contribution in [-0.4, -0.2) is 39.5 Å². The van der Waals surface area contributed by atoms with Gasteiger partial charge >= 0.3 is 5.97 Å². The van der Waals surface area contributed by atoms with Crippen LogP contribution in [0.25, 0.3) is 5.69 Å². The van der Waals surface area contributed by atoms with Crippen LogP contribution in [0.2, 0.25) is 0 Å². The molecular formula is C20H27N3O4. The van der Waals surface area contributed by atoms with Crippen LogP contribution in [0.1, 0.15) is 49.7 Å². The molecule has 7 nitrogen and oxygen atoms in total. The molecular weight excluding hydrogens is 346 g/mol. The summed E-state index contributed by atoms with van der Waals surface area (Å²) in [6, 6.07) is 8.87. The Hall–Kier alpha value is -2.67. The Morgan fingerprint density at radius 3 is 2.70 bits per heavy atom. The summed E-state index contributed by atoms with van der Waals surface area (Å²) < 4.78 is 7.15. The second-order valence-corrected chi connectivity index (χ2v) is 6.96. The number of hydrogen-bond acceptors (Lipinski definition) is 4. The third-order valence-electron chi connectivity index (χ3n) is 4.01. The van der Waals surface area contributed by atoms with Crippen LogP contribution in [-0.2, 0) is 16.1 Å². The number of aromatic nitrogens is 2. The van der Waals surface area contributed by atoms with Crippen molar-refractivity contribution in [1.82, 2.24) is 15.1 Å². The van der Waals surface area contributed by atoms with Crippen molar-refractivity contribution in [2.45, 2.75) is 46.3 Å². The number of benzene rings is 1. The lowest BCUT2D eigenvalue weighted by atomic mass is 10.1. The Morgan fingerprint density at radius 2 is 2.04 bits per heavy atom. The number of carbonyl (C=O) groups is 2. The first kappa shape index (κ1) is 20.6. The topological polar surface area (TPSA) is 93.5 Å². The highest BCUT2D eigenvalue weighted by Gasteiger charge is 2.09. The van der Waals surface area contributed by atoms with E-state index in [9.17, 15) is 9.59 Å². The van der Waals surface area contributed by atoms with Gasteiger partial charge in [0.15, 0.2) is 5.69 Å². The Labute approximate surface area is 159 Å². The maximum atomic E-state index is 12.0. The molecule has 2 N–H and O–H groups in total. The Balaban J connectivity index is 1.82. The zero-order chi connectivity index (χ0) is 19.8. The van der Waals surface area contributed by atoms with Gasteiger partial charge in [-0.15, -0.1) is 0 Å². The molecule has 0 bridgehead atoms. The SMILES string of the molecule is CC(C)CC(C)OCCC(=O)NCc1cccc(-n2ccc(C(=O)O)n2)c1. The fraction of sp³-hybridized carbons (Fsp3) is 0.450. The van der Waals surface area contributed by atoms with Crippen LogP contribution in [0, 0.1) is 5.92 Å². The molecule has 1 heterocycles. The van der Waals surface area contributed by atoms with E-state index in [1.807, 2.05) is 31.2 Å². The second kappa shape index (κ2) is 9.87. The van der Waals surface area contributed by atoms with E-state index >= 15 is 0 Å². The lowest BCUT2D eigenvalue weighted by Crippen LogP contribution is -2.25. The van der Waals surface area contributed by atoms with Gasteiger partial charge in [0.05, 0.1) is 18.4 Å². The fourth-order valence-electron chi connectivity index (χ4n) is 2.76. The third kappa shape index (κ3) is 6.86. The average molecular weight is 373 g/mol. The molecule has 0 aliphatic heterocycles. The molecule has 7 heteroatoms. The highest BCUT2D eigenvalue weighted by molar-refractivity contribution is 5.85. The number of ether oxygens (including phenoxy) is 1. The van der Waals surface area contributed by atoms with Crippen molar-refractivity contribution >= 4 is 11.9 Å². The largest absolute Gasteiger partial charge is 0.476 e. The smallest absolute Gasteiger partial charge is 0.356 e. The molecule has 0 aliphatic carbocycles. The van der Waals surface area contributed by atoms with Gasteiger partial charge in [0.25, 0.3) is 0 Å². The lowest BCUT2D eigenvalue weighted by Gasteiger charge is -2.15. The molecule has 1 aromatic heterocycles. The molecule has 0 saturated carbocycles. The molecule has 1 amide bonds. The van der Waals surface area contributed by atoms with Gasteiger partial charge in [-0.05, 0) is 43.0 Å².